The van der Waals surface area contributed by atoms with Gasteiger partial charge in [-0.05, 0) is 18.5 Å². The van der Waals surface area contributed by atoms with Crippen molar-refractivity contribution < 1.29 is 9.13 Å². The second-order valence-corrected chi connectivity index (χ2v) is 3.12. The number of H-pyrrole nitrogens is 1. The lowest BCUT2D eigenvalue weighted by Crippen LogP contribution is -1.94. The Kier molecular flexibility index (Phi) is 2.51. The molecule has 0 saturated heterocycles. The zero-order valence-corrected chi connectivity index (χ0v) is 8.42. The average molecular weight is 229 g/mol. The van der Waals surface area contributed by atoms with E-state index in [1.807, 2.05) is 0 Å². The van der Waals surface area contributed by atoms with Gasteiger partial charge in [0.25, 0.3) is 5.88 Å². The van der Waals surface area contributed by atoms with Crippen LogP contribution in [0.1, 0.15) is 5.69 Å². The van der Waals surface area contributed by atoms with Gasteiger partial charge in [-0.3, -0.25) is 5.10 Å². The fourth-order valence-corrected chi connectivity index (χ4v) is 1.07. The largest absolute Gasteiger partial charge is 0.416 e. The maximum Gasteiger partial charge on any atom is 0.261 e. The number of ether oxygens (including phenoxy) is 1. The van der Waals surface area contributed by atoms with Crippen molar-refractivity contribution in [2.75, 3.05) is 0 Å². The fourth-order valence-electron chi connectivity index (χ4n) is 0.947. The van der Waals surface area contributed by atoms with Crippen LogP contribution in [0.15, 0.2) is 12.3 Å². The first kappa shape index (κ1) is 9.85. The molecule has 2 rings (SSSR count). The molecule has 0 atom stereocenters. The summed E-state index contributed by atoms with van der Waals surface area (Å²) in [5.41, 5.74) is 0.797. The summed E-state index contributed by atoms with van der Waals surface area (Å²) in [6.45, 7) is 1.79. The number of hydrogen-bond acceptors (Lipinski definition) is 4. The standard InChI is InChI=1S/C8H6ClFN4O/c1-4-2-6(14-13-4)15-7-5(10)3-11-8(9)12-7/h2-3H,1H3,(H,13,14). The third-order valence-electron chi connectivity index (χ3n) is 1.57. The Morgan fingerprint density at radius 1 is 1.53 bits per heavy atom. The SMILES string of the molecule is Cc1cc(Oc2nc(Cl)ncc2F)n[nH]1. The van der Waals surface area contributed by atoms with Gasteiger partial charge in [-0.25, -0.2) is 4.98 Å². The molecule has 0 fully saturated rings. The summed E-state index contributed by atoms with van der Waals surface area (Å²) in [6.07, 6.45) is 0.935. The van der Waals surface area contributed by atoms with Gasteiger partial charge in [-0.15, -0.1) is 5.10 Å². The van der Waals surface area contributed by atoms with Crippen LogP contribution in [0.4, 0.5) is 4.39 Å². The van der Waals surface area contributed by atoms with Gasteiger partial charge in [0.15, 0.2) is 0 Å². The van der Waals surface area contributed by atoms with E-state index < -0.39 is 5.82 Å². The zero-order chi connectivity index (χ0) is 10.8. The van der Waals surface area contributed by atoms with Crippen LogP contribution >= 0.6 is 11.6 Å². The number of aromatic amines is 1. The lowest BCUT2D eigenvalue weighted by atomic mass is 10.5. The molecule has 0 aliphatic carbocycles. The van der Waals surface area contributed by atoms with Crippen molar-refractivity contribution in [3.63, 3.8) is 0 Å². The Morgan fingerprint density at radius 2 is 2.33 bits per heavy atom. The summed E-state index contributed by atoms with van der Waals surface area (Å²) in [4.78, 5) is 7.04. The molecule has 0 aliphatic heterocycles. The quantitative estimate of drug-likeness (QED) is 0.800. The van der Waals surface area contributed by atoms with Crippen LogP contribution in [0, 0.1) is 12.7 Å². The van der Waals surface area contributed by atoms with Crippen LogP contribution in [-0.2, 0) is 0 Å². The van der Waals surface area contributed by atoms with E-state index >= 15 is 0 Å². The highest BCUT2D eigenvalue weighted by molar-refractivity contribution is 6.28. The van der Waals surface area contributed by atoms with Crippen molar-refractivity contribution in [1.29, 1.82) is 0 Å². The Morgan fingerprint density at radius 3 is 3.00 bits per heavy atom. The van der Waals surface area contributed by atoms with E-state index in [0.29, 0.717) is 0 Å². The van der Waals surface area contributed by atoms with Crippen LogP contribution in [0.3, 0.4) is 0 Å². The number of nitrogens with zero attached hydrogens (tertiary/aromatic N) is 3. The summed E-state index contributed by atoms with van der Waals surface area (Å²) < 4.78 is 18.2. The molecule has 0 amide bonds. The molecular weight excluding hydrogens is 223 g/mol. The normalized spacial score (nSPS) is 10.3. The molecule has 0 spiro atoms. The van der Waals surface area contributed by atoms with Crippen molar-refractivity contribution in [2.24, 2.45) is 0 Å². The number of aryl methyl sites for hydroxylation is 1. The van der Waals surface area contributed by atoms with Crippen LogP contribution in [-0.4, -0.2) is 20.2 Å². The highest BCUT2D eigenvalue weighted by Gasteiger charge is 2.09. The van der Waals surface area contributed by atoms with Gasteiger partial charge < -0.3 is 4.74 Å². The van der Waals surface area contributed by atoms with Gasteiger partial charge in [-0.1, -0.05) is 0 Å². The summed E-state index contributed by atoms with van der Waals surface area (Å²) in [7, 11) is 0. The summed E-state index contributed by atoms with van der Waals surface area (Å²) in [5.74, 6) is -0.720. The third kappa shape index (κ3) is 2.21. The van der Waals surface area contributed by atoms with Crippen LogP contribution in [0.5, 0.6) is 11.8 Å². The highest BCUT2D eigenvalue weighted by Crippen LogP contribution is 2.21. The van der Waals surface area contributed by atoms with Gasteiger partial charge >= 0.3 is 0 Å². The lowest BCUT2D eigenvalue weighted by Gasteiger charge is -2.00. The number of hydrogen-bond donors (Lipinski definition) is 1. The predicted octanol–water partition coefficient (Wildman–Crippen LogP) is 2.09. The molecule has 0 aliphatic rings. The van der Waals surface area contributed by atoms with E-state index in [2.05, 4.69) is 20.2 Å². The van der Waals surface area contributed by atoms with E-state index in [0.717, 1.165) is 11.9 Å². The minimum Gasteiger partial charge on any atom is -0.416 e. The predicted molar refractivity (Wildman–Crippen MR) is 50.4 cm³/mol. The Hall–Kier alpha value is -1.69. The molecule has 5 nitrogen and oxygen atoms in total. The Bertz CT molecular complexity index is 487. The maximum absolute atomic E-state index is 13.1. The number of halogens is 2. The molecule has 2 aromatic heterocycles. The van der Waals surface area contributed by atoms with Gasteiger partial charge in [-0.2, -0.15) is 9.37 Å². The molecule has 1 N–H and O–H groups in total. The molecule has 0 radical (unpaired) electrons. The number of aromatic nitrogens is 4. The fraction of sp³-hybridized carbons (Fsp3) is 0.125. The monoisotopic (exact) mass is 228 g/mol. The molecule has 2 aromatic rings. The third-order valence-corrected chi connectivity index (χ3v) is 1.75. The van der Waals surface area contributed by atoms with E-state index in [9.17, 15) is 4.39 Å². The molecule has 0 saturated carbocycles. The second kappa shape index (κ2) is 3.82. The van der Waals surface area contributed by atoms with Crippen molar-refractivity contribution in [1.82, 2.24) is 20.2 Å². The molecule has 0 bridgehead atoms. The van der Waals surface area contributed by atoms with Crippen LogP contribution in [0.25, 0.3) is 0 Å². The summed E-state index contributed by atoms with van der Waals surface area (Å²) >= 11 is 5.49. The van der Waals surface area contributed by atoms with Crippen molar-refractivity contribution in [2.45, 2.75) is 6.92 Å². The molecule has 7 heteroatoms. The molecular formula is C8H6ClFN4O. The number of rotatable bonds is 2. The van der Waals surface area contributed by atoms with Crippen LogP contribution < -0.4 is 4.74 Å². The van der Waals surface area contributed by atoms with E-state index in [4.69, 9.17) is 16.3 Å². The zero-order valence-electron chi connectivity index (χ0n) is 7.66. The molecule has 15 heavy (non-hydrogen) atoms. The topological polar surface area (TPSA) is 63.7 Å². The lowest BCUT2D eigenvalue weighted by molar-refractivity contribution is 0.405. The van der Waals surface area contributed by atoms with Crippen LogP contribution in [0.2, 0.25) is 5.28 Å². The van der Waals surface area contributed by atoms with Crippen molar-refractivity contribution in [3.05, 3.63) is 29.1 Å². The second-order valence-electron chi connectivity index (χ2n) is 2.78. The van der Waals surface area contributed by atoms with Gasteiger partial charge in [0.1, 0.15) is 0 Å². The molecule has 78 valence electrons. The summed E-state index contributed by atoms with van der Waals surface area (Å²) in [5, 5.41) is 6.33. The van der Waals surface area contributed by atoms with E-state index in [1.165, 1.54) is 0 Å². The minimum atomic E-state index is -0.694. The Labute approximate surface area is 89.3 Å². The molecule has 0 unspecified atom stereocenters. The summed E-state index contributed by atoms with van der Waals surface area (Å²) in [6, 6.07) is 1.61. The van der Waals surface area contributed by atoms with E-state index in [1.54, 1.807) is 13.0 Å². The number of nitrogens with one attached hydrogen (secondary N) is 1. The maximum atomic E-state index is 13.1. The smallest absolute Gasteiger partial charge is 0.261 e. The Balaban J connectivity index is 2.27. The molecule has 0 aromatic carbocycles. The first-order valence-electron chi connectivity index (χ1n) is 4.03. The van der Waals surface area contributed by atoms with Gasteiger partial charge in [0, 0.05) is 11.8 Å². The first-order valence-corrected chi connectivity index (χ1v) is 4.41. The first-order chi connectivity index (χ1) is 7.15. The van der Waals surface area contributed by atoms with Gasteiger partial charge in [0.05, 0.1) is 6.20 Å². The van der Waals surface area contributed by atoms with Gasteiger partial charge in [0.2, 0.25) is 17.0 Å². The van der Waals surface area contributed by atoms with Crippen molar-refractivity contribution >= 4 is 11.6 Å². The van der Waals surface area contributed by atoms with E-state index in [-0.39, 0.29) is 17.0 Å². The molecule has 2 heterocycles. The average Bonchev–Trinajstić information content (AvgIpc) is 2.58. The minimum absolute atomic E-state index is 0.0846. The van der Waals surface area contributed by atoms with Crippen molar-refractivity contribution in [3.8, 4) is 11.8 Å². The highest BCUT2D eigenvalue weighted by atomic mass is 35.5.